The van der Waals surface area contributed by atoms with Gasteiger partial charge < -0.3 is 5.11 Å². The maximum absolute atomic E-state index is 15.1. The minimum absolute atomic E-state index is 0.0744. The molecule has 0 spiro atoms. The molecule has 2 aliphatic rings. The first-order chi connectivity index (χ1) is 16.5. The Labute approximate surface area is 196 Å². The zero-order chi connectivity index (χ0) is 23.8. The fourth-order valence-corrected chi connectivity index (χ4v) is 4.84. The van der Waals surface area contributed by atoms with Crippen LogP contribution >= 0.6 is 0 Å². The van der Waals surface area contributed by atoms with Crippen LogP contribution in [0, 0.1) is 17.0 Å². The molecular formula is C28H22F2N2O2. The van der Waals surface area contributed by atoms with Crippen molar-refractivity contribution < 1.29 is 18.7 Å². The number of aliphatic hydroxyl groups is 1. The Kier molecular flexibility index (Phi) is 5.57. The number of amidine groups is 1. The van der Waals surface area contributed by atoms with E-state index in [0.717, 1.165) is 0 Å². The van der Waals surface area contributed by atoms with E-state index in [1.54, 1.807) is 53.4 Å². The number of rotatable bonds is 3. The SMILES string of the molecule is N=C1/C(=C(/O)c2ccccc2)C(c2ccccc2F)C2=C(CCCC2=O)N1c1ccc(F)cc1. The molecular weight excluding hydrogens is 434 g/mol. The molecule has 5 rings (SSSR count). The van der Waals surface area contributed by atoms with Gasteiger partial charge in [0, 0.05) is 46.0 Å². The molecule has 1 unspecified atom stereocenters. The topological polar surface area (TPSA) is 64.4 Å². The van der Waals surface area contributed by atoms with Gasteiger partial charge in [0.25, 0.3) is 0 Å². The van der Waals surface area contributed by atoms with E-state index >= 15 is 4.39 Å². The summed E-state index contributed by atoms with van der Waals surface area (Å²) in [5, 5.41) is 20.6. The molecule has 0 aromatic heterocycles. The maximum Gasteiger partial charge on any atom is 0.161 e. The van der Waals surface area contributed by atoms with Crippen molar-refractivity contribution in [2.75, 3.05) is 4.90 Å². The highest BCUT2D eigenvalue weighted by Gasteiger charge is 2.44. The number of nitrogens with one attached hydrogen (secondary N) is 1. The number of nitrogens with zero attached hydrogens (tertiary/aromatic N) is 1. The smallest absolute Gasteiger partial charge is 0.161 e. The van der Waals surface area contributed by atoms with Crippen LogP contribution in [0.5, 0.6) is 0 Å². The van der Waals surface area contributed by atoms with Crippen molar-refractivity contribution in [1.82, 2.24) is 0 Å². The Morgan fingerprint density at radius 2 is 1.59 bits per heavy atom. The third-order valence-electron chi connectivity index (χ3n) is 6.36. The van der Waals surface area contributed by atoms with Crippen molar-refractivity contribution in [3.05, 3.63) is 118 Å². The highest BCUT2D eigenvalue weighted by Crippen LogP contribution is 2.48. The van der Waals surface area contributed by atoms with Crippen LogP contribution in [0.25, 0.3) is 5.76 Å². The second-order valence-electron chi connectivity index (χ2n) is 8.38. The number of aliphatic hydroxyl groups excluding tert-OH is 1. The molecule has 2 N–H and O–H groups in total. The maximum atomic E-state index is 15.1. The lowest BCUT2D eigenvalue weighted by Crippen LogP contribution is -2.42. The number of hydrogen-bond acceptors (Lipinski definition) is 3. The van der Waals surface area contributed by atoms with E-state index in [4.69, 9.17) is 5.41 Å². The lowest BCUT2D eigenvalue weighted by atomic mass is 9.73. The number of allylic oxidation sites excluding steroid dienone is 2. The second kappa shape index (κ2) is 8.71. The van der Waals surface area contributed by atoms with E-state index in [1.165, 1.54) is 30.3 Å². The van der Waals surface area contributed by atoms with Gasteiger partial charge >= 0.3 is 0 Å². The molecule has 0 saturated carbocycles. The van der Waals surface area contributed by atoms with Crippen LogP contribution in [0.15, 0.2) is 95.7 Å². The van der Waals surface area contributed by atoms with Gasteiger partial charge in [-0.2, -0.15) is 0 Å². The van der Waals surface area contributed by atoms with Gasteiger partial charge in [-0.3, -0.25) is 15.1 Å². The normalized spacial score (nSPS) is 19.8. The highest BCUT2D eigenvalue weighted by molar-refractivity contribution is 6.19. The van der Waals surface area contributed by atoms with E-state index in [2.05, 4.69) is 0 Å². The summed E-state index contributed by atoms with van der Waals surface area (Å²) in [5.74, 6) is -2.29. The van der Waals surface area contributed by atoms with Gasteiger partial charge in [-0.25, -0.2) is 8.78 Å². The molecule has 1 heterocycles. The van der Waals surface area contributed by atoms with Crippen molar-refractivity contribution in [2.45, 2.75) is 25.2 Å². The molecule has 0 amide bonds. The van der Waals surface area contributed by atoms with Crippen molar-refractivity contribution in [1.29, 1.82) is 5.41 Å². The number of hydrogen-bond donors (Lipinski definition) is 2. The third kappa shape index (κ3) is 3.61. The molecule has 1 atom stereocenters. The fraction of sp³-hybridized carbons (Fsp3) is 0.143. The summed E-state index contributed by atoms with van der Waals surface area (Å²) < 4.78 is 28.8. The molecule has 4 nitrogen and oxygen atoms in total. The molecule has 0 saturated heterocycles. The highest BCUT2D eigenvalue weighted by atomic mass is 19.1. The molecule has 6 heteroatoms. The van der Waals surface area contributed by atoms with Crippen LogP contribution in [-0.4, -0.2) is 16.7 Å². The minimum atomic E-state index is -0.937. The minimum Gasteiger partial charge on any atom is -0.507 e. The monoisotopic (exact) mass is 456 g/mol. The summed E-state index contributed by atoms with van der Waals surface area (Å²) in [6.45, 7) is 0. The number of Topliss-reactive ketones (excluding diaryl/α,β-unsaturated/α-hetero) is 1. The lowest BCUT2D eigenvalue weighted by molar-refractivity contribution is -0.116. The summed E-state index contributed by atoms with van der Waals surface area (Å²) in [7, 11) is 0. The standard InChI is InChI=1S/C28H22F2N2O2/c29-18-13-15-19(16-14-18)32-22-11-6-12-23(33)25(22)24(20-9-4-5-10-21(20)30)26(28(32)31)27(34)17-7-2-1-3-8-17/h1-5,7-10,13-16,24,31,34H,6,11-12H2/b27-26+,31-28?. The molecule has 1 aliphatic carbocycles. The Morgan fingerprint density at radius 3 is 2.29 bits per heavy atom. The molecule has 0 radical (unpaired) electrons. The molecule has 170 valence electrons. The number of carbonyl (C=O) groups is 1. The second-order valence-corrected chi connectivity index (χ2v) is 8.38. The summed E-state index contributed by atoms with van der Waals surface area (Å²) in [4.78, 5) is 14.9. The quantitative estimate of drug-likeness (QED) is 0.441. The summed E-state index contributed by atoms with van der Waals surface area (Å²) in [5.41, 5.74) is 2.27. The van der Waals surface area contributed by atoms with Crippen LogP contribution in [0.2, 0.25) is 0 Å². The van der Waals surface area contributed by atoms with Crippen molar-refractivity contribution in [3.63, 3.8) is 0 Å². The summed E-state index contributed by atoms with van der Waals surface area (Å²) in [6.07, 6.45) is 1.40. The average Bonchev–Trinajstić information content (AvgIpc) is 2.85. The first kappa shape index (κ1) is 21.8. The fourth-order valence-electron chi connectivity index (χ4n) is 4.84. The molecule has 0 bridgehead atoms. The largest absolute Gasteiger partial charge is 0.507 e. The van der Waals surface area contributed by atoms with Gasteiger partial charge in [-0.15, -0.1) is 0 Å². The molecule has 1 aliphatic heterocycles. The Hall–Kier alpha value is -4.06. The van der Waals surface area contributed by atoms with Gasteiger partial charge in [-0.05, 0) is 43.2 Å². The van der Waals surface area contributed by atoms with Crippen molar-refractivity contribution >= 4 is 23.1 Å². The van der Waals surface area contributed by atoms with Crippen LogP contribution in [0.3, 0.4) is 0 Å². The number of halogens is 2. The zero-order valence-electron chi connectivity index (χ0n) is 18.3. The van der Waals surface area contributed by atoms with E-state index < -0.39 is 17.6 Å². The lowest BCUT2D eigenvalue weighted by Gasteiger charge is -2.41. The number of carbonyl (C=O) groups excluding carboxylic acids is 1. The number of anilines is 1. The van der Waals surface area contributed by atoms with E-state index in [0.29, 0.717) is 41.8 Å². The van der Waals surface area contributed by atoms with E-state index in [-0.39, 0.29) is 28.5 Å². The first-order valence-corrected chi connectivity index (χ1v) is 11.1. The van der Waals surface area contributed by atoms with Gasteiger partial charge in [0.05, 0.1) is 0 Å². The van der Waals surface area contributed by atoms with E-state index in [1.807, 2.05) is 0 Å². The van der Waals surface area contributed by atoms with Crippen LogP contribution in [0.1, 0.15) is 36.3 Å². The number of benzene rings is 3. The first-order valence-electron chi connectivity index (χ1n) is 11.1. The van der Waals surface area contributed by atoms with Gasteiger partial charge in [0.2, 0.25) is 0 Å². The Bertz CT molecular complexity index is 1340. The summed E-state index contributed by atoms with van der Waals surface area (Å²) in [6, 6.07) is 20.5. The Balaban J connectivity index is 1.84. The van der Waals surface area contributed by atoms with Gasteiger partial charge in [0.1, 0.15) is 23.2 Å². The average molecular weight is 456 g/mol. The van der Waals surface area contributed by atoms with Crippen LogP contribution < -0.4 is 4.90 Å². The van der Waals surface area contributed by atoms with Crippen molar-refractivity contribution in [2.24, 2.45) is 0 Å². The van der Waals surface area contributed by atoms with E-state index in [9.17, 15) is 14.3 Å². The Morgan fingerprint density at radius 1 is 0.912 bits per heavy atom. The van der Waals surface area contributed by atoms with Crippen LogP contribution in [-0.2, 0) is 4.79 Å². The molecule has 0 fully saturated rings. The van der Waals surface area contributed by atoms with Crippen LogP contribution in [0.4, 0.5) is 14.5 Å². The molecule has 3 aromatic carbocycles. The zero-order valence-corrected chi connectivity index (χ0v) is 18.3. The van der Waals surface area contributed by atoms with Gasteiger partial charge in [-0.1, -0.05) is 48.5 Å². The predicted molar refractivity (Wildman–Crippen MR) is 128 cm³/mol. The summed E-state index contributed by atoms with van der Waals surface area (Å²) >= 11 is 0. The molecule has 34 heavy (non-hydrogen) atoms. The number of ketones is 1. The molecule has 3 aromatic rings. The third-order valence-corrected chi connectivity index (χ3v) is 6.36. The van der Waals surface area contributed by atoms with Crippen molar-refractivity contribution in [3.8, 4) is 0 Å². The van der Waals surface area contributed by atoms with Gasteiger partial charge in [0.15, 0.2) is 5.78 Å². The predicted octanol–water partition coefficient (Wildman–Crippen LogP) is 6.52.